The summed E-state index contributed by atoms with van der Waals surface area (Å²) < 4.78 is 6.07. The summed E-state index contributed by atoms with van der Waals surface area (Å²) in [5.74, 6) is 0.727. The molecule has 0 radical (unpaired) electrons. The molecule has 1 amide bonds. The van der Waals surface area contributed by atoms with Gasteiger partial charge in [-0.3, -0.25) is 9.69 Å². The summed E-state index contributed by atoms with van der Waals surface area (Å²) in [7, 11) is 0. The first kappa shape index (κ1) is 21.9. The summed E-state index contributed by atoms with van der Waals surface area (Å²) in [4.78, 5) is 20.3. The lowest BCUT2D eigenvalue weighted by Gasteiger charge is -2.13. The number of amidine groups is 1. The first-order valence-corrected chi connectivity index (χ1v) is 11.6. The number of aliphatic imine (C=N–C) groups is 1. The molecule has 162 valence electrons. The Hall–Kier alpha value is -3.31. The summed E-state index contributed by atoms with van der Waals surface area (Å²) in [6, 6.07) is 25.9. The molecule has 1 saturated heterocycles. The number of para-hydroxylation sites is 2. The number of hydrogen-bond acceptors (Lipinski definition) is 4. The maximum atomic E-state index is 13.1. The van der Waals surface area contributed by atoms with E-state index in [0.717, 1.165) is 29.0 Å². The quantitative estimate of drug-likeness (QED) is 0.395. The van der Waals surface area contributed by atoms with Gasteiger partial charge in [0.05, 0.1) is 10.6 Å². The van der Waals surface area contributed by atoms with Gasteiger partial charge in [0.25, 0.3) is 5.91 Å². The van der Waals surface area contributed by atoms with Crippen molar-refractivity contribution in [3.63, 3.8) is 0 Å². The molecule has 0 N–H and O–H groups in total. The van der Waals surface area contributed by atoms with Crippen LogP contribution in [0.2, 0.25) is 0 Å². The minimum atomic E-state index is -0.0249. The van der Waals surface area contributed by atoms with E-state index in [1.807, 2.05) is 85.8 Å². The number of hydrogen-bond donors (Lipinski definition) is 0. The number of benzene rings is 3. The average Bonchev–Trinajstić information content (AvgIpc) is 3.13. The van der Waals surface area contributed by atoms with E-state index in [4.69, 9.17) is 9.73 Å². The number of amides is 1. The van der Waals surface area contributed by atoms with Crippen LogP contribution in [-0.4, -0.2) is 22.5 Å². The Morgan fingerprint density at radius 3 is 2.44 bits per heavy atom. The number of rotatable bonds is 7. The van der Waals surface area contributed by atoms with Crippen LogP contribution in [-0.2, 0) is 17.8 Å². The first-order valence-electron chi connectivity index (χ1n) is 10.8. The summed E-state index contributed by atoms with van der Waals surface area (Å²) >= 11 is 1.42. The van der Waals surface area contributed by atoms with E-state index >= 15 is 0 Å². The van der Waals surface area contributed by atoms with Crippen molar-refractivity contribution in [2.24, 2.45) is 4.99 Å². The number of nitrogens with zero attached hydrogens (tertiary/aromatic N) is 2. The van der Waals surface area contributed by atoms with Gasteiger partial charge in [-0.25, -0.2) is 4.99 Å². The molecule has 3 aromatic carbocycles. The monoisotopic (exact) mass is 442 g/mol. The van der Waals surface area contributed by atoms with Crippen molar-refractivity contribution >= 4 is 34.6 Å². The van der Waals surface area contributed by atoms with Crippen LogP contribution >= 0.6 is 11.8 Å². The van der Waals surface area contributed by atoms with Gasteiger partial charge in [0.2, 0.25) is 0 Å². The fourth-order valence-electron chi connectivity index (χ4n) is 3.50. The Kier molecular flexibility index (Phi) is 7.07. The van der Waals surface area contributed by atoms with Crippen LogP contribution in [0.3, 0.4) is 0 Å². The highest BCUT2D eigenvalue weighted by molar-refractivity contribution is 8.18. The Labute approximate surface area is 193 Å². The van der Waals surface area contributed by atoms with E-state index in [1.54, 1.807) is 4.90 Å². The topological polar surface area (TPSA) is 41.9 Å². The Morgan fingerprint density at radius 1 is 0.938 bits per heavy atom. The van der Waals surface area contributed by atoms with Crippen LogP contribution in [0.5, 0.6) is 5.75 Å². The molecule has 4 nitrogen and oxygen atoms in total. The van der Waals surface area contributed by atoms with E-state index in [9.17, 15) is 4.79 Å². The van der Waals surface area contributed by atoms with Gasteiger partial charge in [-0.05, 0) is 54.4 Å². The van der Waals surface area contributed by atoms with Gasteiger partial charge in [0, 0.05) is 12.1 Å². The molecule has 1 aliphatic rings. The summed E-state index contributed by atoms with van der Waals surface area (Å²) in [6.07, 6.45) is 2.80. The van der Waals surface area contributed by atoms with Gasteiger partial charge < -0.3 is 4.74 Å². The third-order valence-corrected chi connectivity index (χ3v) is 6.24. The molecule has 1 heterocycles. The minimum Gasteiger partial charge on any atom is -0.488 e. The summed E-state index contributed by atoms with van der Waals surface area (Å²) in [5.41, 5.74) is 4.06. The van der Waals surface area contributed by atoms with Gasteiger partial charge in [-0.2, -0.15) is 0 Å². The number of carbonyl (C=O) groups excluding carboxylic acids is 1. The second-order valence-corrected chi connectivity index (χ2v) is 8.36. The molecule has 0 atom stereocenters. The Balaban J connectivity index is 1.61. The standard InChI is InChI=1S/C27H26N2O2S/c1-3-21-14-8-10-16-23(21)28-27-29(4-2)26(30)25(32-27)18-22-15-9-11-17-24(22)31-19-20-12-6-5-7-13-20/h5-18H,3-4,19H2,1-2H3/b25-18+,28-27?. The fraction of sp³-hybridized carbons (Fsp3) is 0.185. The van der Waals surface area contributed by atoms with Gasteiger partial charge in [-0.15, -0.1) is 0 Å². The third-order valence-electron chi connectivity index (χ3n) is 5.24. The van der Waals surface area contributed by atoms with Crippen LogP contribution < -0.4 is 4.74 Å². The van der Waals surface area contributed by atoms with Crippen molar-refractivity contribution in [1.29, 1.82) is 0 Å². The molecular weight excluding hydrogens is 416 g/mol. The molecule has 3 aromatic rings. The lowest BCUT2D eigenvalue weighted by Crippen LogP contribution is -2.28. The van der Waals surface area contributed by atoms with Crippen LogP contribution in [0.25, 0.3) is 6.08 Å². The third kappa shape index (κ3) is 4.94. The van der Waals surface area contributed by atoms with Crippen molar-refractivity contribution in [3.05, 3.63) is 100 Å². The summed E-state index contributed by atoms with van der Waals surface area (Å²) in [5, 5.41) is 0.715. The fourth-order valence-corrected chi connectivity index (χ4v) is 4.55. The normalized spacial score (nSPS) is 16.2. The molecule has 4 rings (SSSR count). The second-order valence-electron chi connectivity index (χ2n) is 7.35. The van der Waals surface area contributed by atoms with Gasteiger partial charge >= 0.3 is 0 Å². The van der Waals surface area contributed by atoms with Crippen molar-refractivity contribution in [3.8, 4) is 5.75 Å². The first-order chi connectivity index (χ1) is 15.7. The highest BCUT2D eigenvalue weighted by atomic mass is 32.2. The number of aryl methyl sites for hydroxylation is 1. The van der Waals surface area contributed by atoms with Crippen LogP contribution in [0.4, 0.5) is 5.69 Å². The molecular formula is C27H26N2O2S. The van der Waals surface area contributed by atoms with E-state index < -0.39 is 0 Å². The predicted octanol–water partition coefficient (Wildman–Crippen LogP) is 6.45. The minimum absolute atomic E-state index is 0.0249. The van der Waals surface area contributed by atoms with Crippen LogP contribution in [0.1, 0.15) is 30.5 Å². The van der Waals surface area contributed by atoms with Crippen LogP contribution in [0, 0.1) is 0 Å². The smallest absolute Gasteiger partial charge is 0.266 e. The molecule has 0 bridgehead atoms. The Bertz CT molecular complexity index is 1160. The molecule has 0 aliphatic carbocycles. The highest BCUT2D eigenvalue weighted by Gasteiger charge is 2.32. The molecule has 5 heteroatoms. The number of thioether (sulfide) groups is 1. The van der Waals surface area contributed by atoms with Crippen molar-refractivity contribution in [1.82, 2.24) is 4.90 Å². The number of ether oxygens (including phenoxy) is 1. The van der Waals surface area contributed by atoms with Gasteiger partial charge in [-0.1, -0.05) is 73.7 Å². The van der Waals surface area contributed by atoms with Crippen molar-refractivity contribution in [2.45, 2.75) is 26.9 Å². The molecule has 0 unspecified atom stereocenters. The van der Waals surface area contributed by atoms with Crippen molar-refractivity contribution < 1.29 is 9.53 Å². The van der Waals surface area contributed by atoms with Gasteiger partial charge in [0.15, 0.2) is 5.17 Å². The second kappa shape index (κ2) is 10.3. The molecule has 0 saturated carbocycles. The van der Waals surface area contributed by atoms with E-state index in [-0.39, 0.29) is 5.91 Å². The molecule has 0 aromatic heterocycles. The SMILES string of the molecule is CCc1ccccc1N=C1S/C(=C/c2ccccc2OCc2ccccc2)C(=O)N1CC. The molecule has 32 heavy (non-hydrogen) atoms. The zero-order valence-corrected chi connectivity index (χ0v) is 19.1. The van der Waals surface area contributed by atoms with Crippen molar-refractivity contribution in [2.75, 3.05) is 6.54 Å². The van der Waals surface area contributed by atoms with Gasteiger partial charge in [0.1, 0.15) is 12.4 Å². The highest BCUT2D eigenvalue weighted by Crippen LogP contribution is 2.36. The predicted molar refractivity (Wildman–Crippen MR) is 133 cm³/mol. The largest absolute Gasteiger partial charge is 0.488 e. The van der Waals surface area contributed by atoms with E-state index in [0.29, 0.717) is 23.2 Å². The zero-order valence-electron chi connectivity index (χ0n) is 18.3. The average molecular weight is 443 g/mol. The lowest BCUT2D eigenvalue weighted by molar-refractivity contribution is -0.122. The van der Waals surface area contributed by atoms with E-state index in [2.05, 4.69) is 13.0 Å². The lowest BCUT2D eigenvalue weighted by atomic mass is 10.1. The zero-order chi connectivity index (χ0) is 22.3. The molecule has 1 aliphatic heterocycles. The molecule has 1 fully saturated rings. The Morgan fingerprint density at radius 2 is 1.66 bits per heavy atom. The number of carbonyl (C=O) groups is 1. The molecule has 0 spiro atoms. The maximum Gasteiger partial charge on any atom is 0.266 e. The maximum absolute atomic E-state index is 13.1. The van der Waals surface area contributed by atoms with E-state index in [1.165, 1.54) is 17.3 Å². The van der Waals surface area contributed by atoms with Crippen LogP contribution in [0.15, 0.2) is 88.8 Å². The summed E-state index contributed by atoms with van der Waals surface area (Å²) in [6.45, 7) is 5.13. The number of likely N-dealkylation sites (N-methyl/N-ethyl adjacent to an activating group) is 1.